The summed E-state index contributed by atoms with van der Waals surface area (Å²) in [5.74, 6) is 0.450. The van der Waals surface area contributed by atoms with E-state index in [0.717, 1.165) is 6.42 Å². The third-order valence-electron chi connectivity index (χ3n) is 4.52. The van der Waals surface area contributed by atoms with Crippen LogP contribution in [0.2, 0.25) is 0 Å². The van der Waals surface area contributed by atoms with E-state index in [4.69, 9.17) is 4.74 Å². The van der Waals surface area contributed by atoms with Crippen molar-refractivity contribution in [1.82, 2.24) is 30.9 Å². The van der Waals surface area contributed by atoms with Gasteiger partial charge < -0.3 is 10.1 Å². The maximum Gasteiger partial charge on any atom is 0.252 e. The molecule has 0 unspecified atom stereocenters. The van der Waals surface area contributed by atoms with Gasteiger partial charge in [0.2, 0.25) is 5.82 Å². The number of carbonyl (C=O) groups is 1. The molecule has 4 rings (SSSR count). The summed E-state index contributed by atoms with van der Waals surface area (Å²) < 4.78 is 5.61. The lowest BCUT2D eigenvalue weighted by Gasteiger charge is -2.19. The normalized spacial score (nSPS) is 19.4. The van der Waals surface area contributed by atoms with Gasteiger partial charge in [-0.15, -0.1) is 10.2 Å². The van der Waals surface area contributed by atoms with Gasteiger partial charge in [0.05, 0.1) is 24.8 Å². The molecule has 2 aromatic heterocycles. The highest BCUT2D eigenvalue weighted by Crippen LogP contribution is 2.22. The fourth-order valence-electron chi connectivity index (χ4n) is 3.18. The summed E-state index contributed by atoms with van der Waals surface area (Å²) in [5.41, 5.74) is 2.34. The van der Waals surface area contributed by atoms with Crippen molar-refractivity contribution < 1.29 is 9.53 Å². The number of hydrogen-bond acceptors (Lipinski definition) is 6. The van der Waals surface area contributed by atoms with Gasteiger partial charge in [-0.3, -0.25) is 9.78 Å². The lowest BCUT2D eigenvalue weighted by Crippen LogP contribution is -2.40. The molecule has 1 saturated heterocycles. The molecule has 3 heterocycles. The average molecular weight is 350 g/mol. The Kier molecular flexibility index (Phi) is 4.65. The van der Waals surface area contributed by atoms with E-state index >= 15 is 0 Å². The molecule has 1 aliphatic rings. The van der Waals surface area contributed by atoms with Gasteiger partial charge in [-0.05, 0) is 35.4 Å². The maximum atomic E-state index is 12.9. The zero-order valence-corrected chi connectivity index (χ0v) is 14.0. The summed E-state index contributed by atoms with van der Waals surface area (Å²) >= 11 is 0. The fourth-order valence-corrected chi connectivity index (χ4v) is 3.18. The van der Waals surface area contributed by atoms with Crippen LogP contribution in [0, 0.1) is 5.92 Å². The molecule has 0 bridgehead atoms. The lowest BCUT2D eigenvalue weighted by atomic mass is 9.95. The number of amides is 1. The van der Waals surface area contributed by atoms with Crippen LogP contribution in [0.4, 0.5) is 0 Å². The Morgan fingerprint density at radius 2 is 2.04 bits per heavy atom. The number of aromatic amines is 1. The second kappa shape index (κ2) is 7.40. The summed E-state index contributed by atoms with van der Waals surface area (Å²) in [6, 6.07) is 11.2. The Morgan fingerprint density at radius 3 is 2.85 bits per heavy atom. The summed E-state index contributed by atoms with van der Waals surface area (Å²) in [6.45, 7) is 1.13. The Hall–Kier alpha value is -3.13. The number of tetrazole rings is 1. The van der Waals surface area contributed by atoms with Gasteiger partial charge in [0.25, 0.3) is 5.91 Å². The highest BCUT2D eigenvalue weighted by molar-refractivity contribution is 6.00. The number of aromatic nitrogens is 5. The van der Waals surface area contributed by atoms with E-state index in [1.54, 1.807) is 24.5 Å². The maximum absolute atomic E-state index is 12.9. The highest BCUT2D eigenvalue weighted by Gasteiger charge is 2.30. The van der Waals surface area contributed by atoms with Crippen LogP contribution in [0.1, 0.15) is 15.9 Å². The first kappa shape index (κ1) is 16.3. The fraction of sp³-hybridized carbons (Fsp3) is 0.278. The van der Waals surface area contributed by atoms with Crippen LogP contribution in [0.25, 0.3) is 11.4 Å². The molecular formula is C18H18N6O2. The van der Waals surface area contributed by atoms with E-state index in [1.807, 2.05) is 24.3 Å². The van der Waals surface area contributed by atoms with E-state index in [0.29, 0.717) is 30.2 Å². The van der Waals surface area contributed by atoms with Crippen LogP contribution >= 0.6 is 0 Å². The Balaban J connectivity index is 1.50. The Morgan fingerprint density at radius 1 is 1.19 bits per heavy atom. The van der Waals surface area contributed by atoms with Gasteiger partial charge in [0.15, 0.2) is 0 Å². The number of nitrogens with zero attached hydrogens (tertiary/aromatic N) is 4. The predicted molar refractivity (Wildman–Crippen MR) is 93.1 cm³/mol. The van der Waals surface area contributed by atoms with E-state index in [9.17, 15) is 4.79 Å². The second-order valence-electron chi connectivity index (χ2n) is 6.22. The van der Waals surface area contributed by atoms with Gasteiger partial charge in [0.1, 0.15) is 0 Å². The SMILES string of the molecule is O=C(N[C@@H]1COC[C@H]1Cc1ccncc1)c1ccccc1-c1nn[nH]n1. The number of H-pyrrole nitrogens is 1. The van der Waals surface area contributed by atoms with Crippen molar-refractivity contribution in [3.8, 4) is 11.4 Å². The van der Waals surface area contributed by atoms with Crippen LogP contribution in [-0.4, -0.2) is 50.8 Å². The van der Waals surface area contributed by atoms with Crippen molar-refractivity contribution in [2.75, 3.05) is 13.2 Å². The van der Waals surface area contributed by atoms with Crippen molar-refractivity contribution >= 4 is 5.91 Å². The number of pyridine rings is 1. The molecule has 0 radical (unpaired) electrons. The minimum atomic E-state index is -0.166. The van der Waals surface area contributed by atoms with Crippen molar-refractivity contribution in [3.63, 3.8) is 0 Å². The van der Waals surface area contributed by atoms with Gasteiger partial charge >= 0.3 is 0 Å². The zero-order chi connectivity index (χ0) is 17.8. The van der Waals surface area contributed by atoms with Crippen molar-refractivity contribution in [1.29, 1.82) is 0 Å². The molecule has 1 aromatic carbocycles. The highest BCUT2D eigenvalue weighted by atomic mass is 16.5. The summed E-state index contributed by atoms with van der Waals surface area (Å²) in [4.78, 5) is 16.9. The molecular weight excluding hydrogens is 332 g/mol. The van der Waals surface area contributed by atoms with Crippen LogP contribution in [-0.2, 0) is 11.2 Å². The number of hydrogen-bond donors (Lipinski definition) is 2. The number of nitrogens with one attached hydrogen (secondary N) is 2. The van der Waals surface area contributed by atoms with E-state index in [-0.39, 0.29) is 17.9 Å². The number of ether oxygens (including phenoxy) is 1. The van der Waals surface area contributed by atoms with Gasteiger partial charge in [-0.1, -0.05) is 18.2 Å². The van der Waals surface area contributed by atoms with E-state index < -0.39 is 0 Å². The van der Waals surface area contributed by atoms with Crippen molar-refractivity contribution in [2.24, 2.45) is 5.92 Å². The van der Waals surface area contributed by atoms with Crippen LogP contribution < -0.4 is 5.32 Å². The van der Waals surface area contributed by atoms with Gasteiger partial charge in [0, 0.05) is 23.9 Å². The molecule has 0 spiro atoms. The van der Waals surface area contributed by atoms with Gasteiger partial charge in [-0.2, -0.15) is 5.21 Å². The molecule has 8 heteroatoms. The number of benzene rings is 1. The van der Waals surface area contributed by atoms with E-state index in [2.05, 4.69) is 30.9 Å². The monoisotopic (exact) mass is 350 g/mol. The zero-order valence-electron chi connectivity index (χ0n) is 14.0. The third kappa shape index (κ3) is 3.45. The molecule has 0 saturated carbocycles. The van der Waals surface area contributed by atoms with Crippen LogP contribution in [0.15, 0.2) is 48.8 Å². The molecule has 2 N–H and O–H groups in total. The first-order chi connectivity index (χ1) is 12.8. The number of carbonyl (C=O) groups excluding carboxylic acids is 1. The molecule has 1 fully saturated rings. The number of rotatable bonds is 5. The van der Waals surface area contributed by atoms with E-state index in [1.165, 1.54) is 5.56 Å². The molecule has 132 valence electrons. The van der Waals surface area contributed by atoms with Gasteiger partial charge in [-0.25, -0.2) is 0 Å². The van der Waals surface area contributed by atoms with Crippen LogP contribution in [0.3, 0.4) is 0 Å². The lowest BCUT2D eigenvalue weighted by molar-refractivity contribution is 0.0925. The molecule has 26 heavy (non-hydrogen) atoms. The predicted octanol–water partition coefficient (Wildman–Crippen LogP) is 1.25. The molecule has 1 amide bonds. The first-order valence-electron chi connectivity index (χ1n) is 8.41. The Labute approximate surface area is 150 Å². The third-order valence-corrected chi connectivity index (χ3v) is 4.52. The first-order valence-corrected chi connectivity index (χ1v) is 8.41. The topological polar surface area (TPSA) is 106 Å². The summed E-state index contributed by atoms with van der Waals surface area (Å²) in [5, 5.41) is 17.0. The molecule has 2 atom stereocenters. The quantitative estimate of drug-likeness (QED) is 0.717. The smallest absolute Gasteiger partial charge is 0.252 e. The molecule has 1 aliphatic heterocycles. The molecule has 8 nitrogen and oxygen atoms in total. The summed E-state index contributed by atoms with van der Waals surface area (Å²) in [7, 11) is 0. The van der Waals surface area contributed by atoms with Crippen LogP contribution in [0.5, 0.6) is 0 Å². The largest absolute Gasteiger partial charge is 0.379 e. The second-order valence-corrected chi connectivity index (χ2v) is 6.22. The Bertz CT molecular complexity index is 868. The van der Waals surface area contributed by atoms with Crippen molar-refractivity contribution in [3.05, 3.63) is 59.9 Å². The summed E-state index contributed by atoms with van der Waals surface area (Å²) in [6.07, 6.45) is 4.39. The minimum Gasteiger partial charge on any atom is -0.379 e. The molecule has 3 aromatic rings. The standard InChI is InChI=1S/C18H18N6O2/c25-18(15-4-2-1-3-14(15)17-21-23-24-22-17)20-16-11-26-10-13(16)9-12-5-7-19-8-6-12/h1-8,13,16H,9-11H2,(H,20,25)(H,21,22,23,24)/t13-,16-/m1/s1. The molecule has 0 aliphatic carbocycles. The van der Waals surface area contributed by atoms with Crippen molar-refractivity contribution in [2.45, 2.75) is 12.5 Å². The minimum absolute atomic E-state index is 0.0472. The average Bonchev–Trinajstić information content (AvgIpc) is 3.35.